The van der Waals surface area contributed by atoms with Gasteiger partial charge in [-0.1, -0.05) is 20.8 Å². The molecule has 0 aromatic rings. The lowest BCUT2D eigenvalue weighted by Gasteiger charge is -2.30. The fraction of sp³-hybridized carbons (Fsp3) is 0.818. The Balaban J connectivity index is 2.62. The van der Waals surface area contributed by atoms with E-state index in [-0.39, 0.29) is 35.7 Å². The zero-order valence-electron chi connectivity index (χ0n) is 10.1. The second-order valence-corrected chi connectivity index (χ2v) is 5.30. The Kier molecular flexibility index (Phi) is 3.19. The van der Waals surface area contributed by atoms with Crippen molar-refractivity contribution in [2.24, 2.45) is 5.41 Å². The Bertz CT molecular complexity index is 281. The normalized spacial score (nSPS) is 24.9. The molecule has 0 spiro atoms. The van der Waals surface area contributed by atoms with Gasteiger partial charge in [-0.3, -0.25) is 14.5 Å². The molecule has 1 rings (SSSR count). The second kappa shape index (κ2) is 3.93. The summed E-state index contributed by atoms with van der Waals surface area (Å²) in [7, 11) is 1.54. The van der Waals surface area contributed by atoms with E-state index in [1.54, 1.807) is 0 Å². The van der Waals surface area contributed by atoms with Crippen molar-refractivity contribution in [1.29, 1.82) is 0 Å². The van der Waals surface area contributed by atoms with Gasteiger partial charge in [-0.15, -0.1) is 0 Å². The zero-order valence-corrected chi connectivity index (χ0v) is 10.1. The summed E-state index contributed by atoms with van der Waals surface area (Å²) >= 11 is 0. The molecule has 1 fully saturated rings. The standard InChI is InChI=1S/C11H20N2O2/c1-7(11(2,3)4)12-8-6-9(14)13(5)10(8)15/h7-8,12H,6H2,1-5H3. The summed E-state index contributed by atoms with van der Waals surface area (Å²) in [5, 5.41) is 3.22. The lowest BCUT2D eigenvalue weighted by atomic mass is 9.87. The maximum Gasteiger partial charge on any atom is 0.246 e. The van der Waals surface area contributed by atoms with Gasteiger partial charge in [-0.2, -0.15) is 0 Å². The van der Waals surface area contributed by atoms with Gasteiger partial charge in [0.2, 0.25) is 11.8 Å². The fourth-order valence-corrected chi connectivity index (χ4v) is 1.44. The average Bonchev–Trinajstić information content (AvgIpc) is 2.32. The van der Waals surface area contributed by atoms with Gasteiger partial charge in [-0.25, -0.2) is 0 Å². The molecule has 2 amide bonds. The zero-order chi connectivity index (χ0) is 11.8. The number of carbonyl (C=O) groups excluding carboxylic acids is 2. The third-order valence-electron chi connectivity index (χ3n) is 3.13. The molecule has 1 saturated heterocycles. The highest BCUT2D eigenvalue weighted by Gasteiger charge is 2.37. The molecule has 1 aliphatic rings. The average molecular weight is 212 g/mol. The summed E-state index contributed by atoms with van der Waals surface area (Å²) in [5.41, 5.74) is 0.0878. The Labute approximate surface area is 91.0 Å². The van der Waals surface area contributed by atoms with E-state index in [0.29, 0.717) is 0 Å². The number of nitrogens with zero attached hydrogens (tertiary/aromatic N) is 1. The molecule has 1 heterocycles. The summed E-state index contributed by atoms with van der Waals surface area (Å²) in [6, 6.07) is -0.137. The molecule has 2 unspecified atom stereocenters. The fourth-order valence-electron chi connectivity index (χ4n) is 1.44. The van der Waals surface area contributed by atoms with Crippen LogP contribution in [0.15, 0.2) is 0 Å². The van der Waals surface area contributed by atoms with E-state index in [1.165, 1.54) is 11.9 Å². The highest BCUT2D eigenvalue weighted by molar-refractivity contribution is 6.05. The molecule has 0 bridgehead atoms. The van der Waals surface area contributed by atoms with Gasteiger partial charge in [0.1, 0.15) is 0 Å². The first-order valence-corrected chi connectivity index (χ1v) is 5.30. The Morgan fingerprint density at radius 3 is 2.27 bits per heavy atom. The lowest BCUT2D eigenvalue weighted by Crippen LogP contribution is -2.47. The van der Waals surface area contributed by atoms with E-state index in [9.17, 15) is 9.59 Å². The quantitative estimate of drug-likeness (QED) is 0.688. The minimum atomic E-state index is -0.336. The smallest absolute Gasteiger partial charge is 0.246 e. The van der Waals surface area contributed by atoms with E-state index in [0.717, 1.165) is 0 Å². The van der Waals surface area contributed by atoms with Gasteiger partial charge in [-0.05, 0) is 12.3 Å². The Morgan fingerprint density at radius 2 is 1.93 bits per heavy atom. The molecule has 4 heteroatoms. The molecule has 0 saturated carbocycles. The predicted octanol–water partition coefficient (Wildman–Crippen LogP) is 0.768. The van der Waals surface area contributed by atoms with Crippen LogP contribution in [0.1, 0.15) is 34.1 Å². The number of nitrogens with one attached hydrogen (secondary N) is 1. The predicted molar refractivity (Wildman–Crippen MR) is 58.2 cm³/mol. The van der Waals surface area contributed by atoms with Crippen LogP contribution in [0.25, 0.3) is 0 Å². The SMILES string of the molecule is CC(NC1CC(=O)N(C)C1=O)C(C)(C)C. The van der Waals surface area contributed by atoms with E-state index < -0.39 is 0 Å². The van der Waals surface area contributed by atoms with Crippen LogP contribution in [0.2, 0.25) is 0 Å². The number of hydrogen-bond acceptors (Lipinski definition) is 3. The van der Waals surface area contributed by atoms with Crippen LogP contribution in [0, 0.1) is 5.41 Å². The summed E-state index contributed by atoms with van der Waals surface area (Å²) in [6.07, 6.45) is 0.287. The van der Waals surface area contributed by atoms with Gasteiger partial charge in [0, 0.05) is 13.1 Å². The van der Waals surface area contributed by atoms with Crippen LogP contribution in [-0.2, 0) is 9.59 Å². The van der Waals surface area contributed by atoms with Crippen LogP contribution in [0.5, 0.6) is 0 Å². The molecule has 2 atom stereocenters. The first kappa shape index (κ1) is 12.2. The van der Waals surface area contributed by atoms with Crippen molar-refractivity contribution in [3.8, 4) is 0 Å². The second-order valence-electron chi connectivity index (χ2n) is 5.30. The van der Waals surface area contributed by atoms with Crippen LogP contribution in [-0.4, -0.2) is 35.8 Å². The minimum absolute atomic E-state index is 0.0878. The third kappa shape index (κ3) is 2.56. The molecular formula is C11H20N2O2. The minimum Gasteiger partial charge on any atom is -0.302 e. The van der Waals surface area contributed by atoms with Crippen molar-refractivity contribution in [2.45, 2.75) is 46.2 Å². The lowest BCUT2D eigenvalue weighted by molar-refractivity contribution is -0.137. The highest BCUT2D eigenvalue weighted by atomic mass is 16.2. The molecule has 15 heavy (non-hydrogen) atoms. The molecule has 0 aliphatic carbocycles. The Hall–Kier alpha value is -0.900. The number of likely N-dealkylation sites (N-methyl/N-ethyl adjacent to an activating group) is 1. The van der Waals surface area contributed by atoms with Crippen molar-refractivity contribution in [1.82, 2.24) is 10.2 Å². The van der Waals surface area contributed by atoms with E-state index in [2.05, 4.69) is 26.1 Å². The summed E-state index contributed by atoms with van der Waals surface area (Å²) in [6.45, 7) is 8.36. The van der Waals surface area contributed by atoms with Crippen LogP contribution in [0.3, 0.4) is 0 Å². The van der Waals surface area contributed by atoms with Crippen molar-refractivity contribution in [3.63, 3.8) is 0 Å². The number of hydrogen-bond donors (Lipinski definition) is 1. The van der Waals surface area contributed by atoms with E-state index in [1.807, 2.05) is 6.92 Å². The molecule has 1 N–H and O–H groups in total. The van der Waals surface area contributed by atoms with Gasteiger partial charge in [0.05, 0.1) is 12.5 Å². The van der Waals surface area contributed by atoms with E-state index in [4.69, 9.17) is 0 Å². The summed E-state index contributed by atoms with van der Waals surface area (Å²) in [5.74, 6) is -0.213. The molecule has 0 aromatic heterocycles. The van der Waals surface area contributed by atoms with Crippen LogP contribution in [0.4, 0.5) is 0 Å². The molecule has 4 nitrogen and oxygen atoms in total. The molecule has 1 aliphatic heterocycles. The van der Waals surface area contributed by atoms with Gasteiger partial charge >= 0.3 is 0 Å². The third-order valence-corrected chi connectivity index (χ3v) is 3.13. The summed E-state index contributed by atoms with van der Waals surface area (Å²) in [4.78, 5) is 24.1. The number of likely N-dealkylation sites (tertiary alicyclic amines) is 1. The first-order chi connectivity index (χ1) is 6.73. The van der Waals surface area contributed by atoms with E-state index >= 15 is 0 Å². The molecular weight excluding hydrogens is 192 g/mol. The van der Waals surface area contributed by atoms with Gasteiger partial charge in [0.25, 0.3) is 0 Å². The maximum atomic E-state index is 11.6. The molecule has 86 valence electrons. The summed E-state index contributed by atoms with van der Waals surface area (Å²) < 4.78 is 0. The Morgan fingerprint density at radius 1 is 1.40 bits per heavy atom. The monoisotopic (exact) mass is 212 g/mol. The van der Waals surface area contributed by atoms with Crippen molar-refractivity contribution in [3.05, 3.63) is 0 Å². The number of carbonyl (C=O) groups is 2. The van der Waals surface area contributed by atoms with Gasteiger partial charge < -0.3 is 5.32 Å². The molecule has 0 radical (unpaired) electrons. The maximum absolute atomic E-state index is 11.6. The van der Waals surface area contributed by atoms with Crippen molar-refractivity contribution < 1.29 is 9.59 Å². The highest BCUT2D eigenvalue weighted by Crippen LogP contribution is 2.21. The number of rotatable bonds is 2. The van der Waals surface area contributed by atoms with Crippen molar-refractivity contribution in [2.75, 3.05) is 7.05 Å². The topological polar surface area (TPSA) is 49.4 Å². The van der Waals surface area contributed by atoms with Crippen LogP contribution < -0.4 is 5.32 Å². The number of amides is 2. The number of imide groups is 1. The van der Waals surface area contributed by atoms with Crippen LogP contribution >= 0.6 is 0 Å². The largest absolute Gasteiger partial charge is 0.302 e. The molecule has 0 aromatic carbocycles. The first-order valence-electron chi connectivity index (χ1n) is 5.30. The van der Waals surface area contributed by atoms with Crippen molar-refractivity contribution >= 4 is 11.8 Å². The van der Waals surface area contributed by atoms with Gasteiger partial charge in [0.15, 0.2) is 0 Å².